The minimum atomic E-state index is 0.218. The molecule has 1 nitrogen and oxygen atoms in total. The molecule has 0 unspecified atom stereocenters. The highest BCUT2D eigenvalue weighted by atomic mass is 32.2. The maximum absolute atomic E-state index is 8.43. The molecule has 0 aliphatic rings. The van der Waals surface area contributed by atoms with Gasteiger partial charge in [-0.2, -0.15) is 5.26 Å². The summed E-state index contributed by atoms with van der Waals surface area (Å²) in [7, 11) is 0. The molecular formula is C13H17NS. The molecule has 0 radical (unpaired) electrons. The van der Waals surface area contributed by atoms with Gasteiger partial charge in [0.15, 0.2) is 0 Å². The van der Waals surface area contributed by atoms with Crippen molar-refractivity contribution < 1.29 is 0 Å². The Morgan fingerprint density at radius 2 is 1.80 bits per heavy atom. The first-order chi connectivity index (χ1) is 7.04. The monoisotopic (exact) mass is 219 g/mol. The molecule has 80 valence electrons. The van der Waals surface area contributed by atoms with Crippen molar-refractivity contribution in [2.45, 2.75) is 37.5 Å². The molecule has 0 heterocycles. The Kier molecular flexibility index (Phi) is 4.23. The zero-order valence-electron chi connectivity index (χ0n) is 9.58. The first-order valence-corrected chi connectivity index (χ1v) is 6.13. The van der Waals surface area contributed by atoms with Gasteiger partial charge in [-0.15, -0.1) is 11.8 Å². The predicted molar refractivity (Wildman–Crippen MR) is 66.1 cm³/mol. The summed E-state index contributed by atoms with van der Waals surface area (Å²) in [6.45, 7) is 6.64. The minimum absolute atomic E-state index is 0.218. The van der Waals surface area contributed by atoms with Crippen molar-refractivity contribution in [3.05, 3.63) is 29.8 Å². The molecule has 1 aromatic rings. The fourth-order valence-corrected chi connectivity index (χ4v) is 2.02. The topological polar surface area (TPSA) is 23.8 Å². The van der Waals surface area contributed by atoms with E-state index in [4.69, 9.17) is 5.26 Å². The molecule has 0 amide bonds. The Balaban J connectivity index is 2.61. The zero-order chi connectivity index (χ0) is 11.3. The van der Waals surface area contributed by atoms with Crippen LogP contribution in [0.2, 0.25) is 0 Å². The number of thioether (sulfide) groups is 1. The fourth-order valence-electron chi connectivity index (χ4n) is 1.27. The van der Waals surface area contributed by atoms with Gasteiger partial charge in [-0.05, 0) is 23.1 Å². The molecule has 0 spiro atoms. The maximum atomic E-state index is 8.43. The van der Waals surface area contributed by atoms with Gasteiger partial charge in [0.2, 0.25) is 0 Å². The third kappa shape index (κ3) is 3.97. The Labute approximate surface area is 96.5 Å². The van der Waals surface area contributed by atoms with E-state index in [0.29, 0.717) is 6.42 Å². The number of hydrogen-bond donors (Lipinski definition) is 0. The Morgan fingerprint density at radius 3 is 2.27 bits per heavy atom. The van der Waals surface area contributed by atoms with Crippen LogP contribution in [-0.4, -0.2) is 5.75 Å². The smallest absolute Gasteiger partial charge is 0.0630 e. The first-order valence-electron chi connectivity index (χ1n) is 5.14. The van der Waals surface area contributed by atoms with Crippen LogP contribution in [0.4, 0.5) is 0 Å². The lowest BCUT2D eigenvalue weighted by molar-refractivity contribution is 0.590. The second-order valence-corrected chi connectivity index (χ2v) is 5.70. The van der Waals surface area contributed by atoms with Crippen molar-refractivity contribution in [1.82, 2.24) is 0 Å². The summed E-state index contributed by atoms with van der Waals surface area (Å²) in [5.41, 5.74) is 1.57. The van der Waals surface area contributed by atoms with Crippen LogP contribution in [0, 0.1) is 11.3 Å². The third-order valence-electron chi connectivity index (χ3n) is 2.20. The normalized spacial score (nSPS) is 11.1. The average molecular weight is 219 g/mol. The number of rotatable bonds is 3. The zero-order valence-corrected chi connectivity index (χ0v) is 10.4. The van der Waals surface area contributed by atoms with Crippen LogP contribution in [0.3, 0.4) is 0 Å². The third-order valence-corrected chi connectivity index (χ3v) is 3.22. The maximum Gasteiger partial charge on any atom is 0.0630 e. The molecule has 2 heteroatoms. The van der Waals surface area contributed by atoms with Gasteiger partial charge in [0.05, 0.1) is 6.07 Å². The van der Waals surface area contributed by atoms with Crippen LogP contribution in [0.25, 0.3) is 0 Å². The lowest BCUT2D eigenvalue weighted by Gasteiger charge is -2.18. The largest absolute Gasteiger partial charge is 0.198 e. The summed E-state index contributed by atoms with van der Waals surface area (Å²) in [5.74, 6) is 0.880. The van der Waals surface area contributed by atoms with Crippen molar-refractivity contribution >= 4 is 11.8 Å². The van der Waals surface area contributed by atoms with E-state index in [9.17, 15) is 0 Å². The molecule has 15 heavy (non-hydrogen) atoms. The number of nitrogens with zero attached hydrogens (tertiary/aromatic N) is 1. The number of hydrogen-bond acceptors (Lipinski definition) is 2. The highest BCUT2D eigenvalue weighted by molar-refractivity contribution is 7.99. The van der Waals surface area contributed by atoms with Gasteiger partial charge in [-0.25, -0.2) is 0 Å². The van der Waals surface area contributed by atoms with Crippen LogP contribution in [-0.2, 0) is 5.41 Å². The molecule has 1 aromatic carbocycles. The van der Waals surface area contributed by atoms with Gasteiger partial charge in [0.25, 0.3) is 0 Å². The molecule has 0 N–H and O–H groups in total. The highest BCUT2D eigenvalue weighted by Gasteiger charge is 2.12. The molecule has 0 fully saturated rings. The van der Waals surface area contributed by atoms with Gasteiger partial charge in [0.1, 0.15) is 0 Å². The molecule has 0 aliphatic heterocycles. The van der Waals surface area contributed by atoms with E-state index in [2.05, 4.69) is 51.1 Å². The molecule has 0 aromatic heterocycles. The van der Waals surface area contributed by atoms with Crippen molar-refractivity contribution in [2.24, 2.45) is 0 Å². The quantitative estimate of drug-likeness (QED) is 0.567. The van der Waals surface area contributed by atoms with Gasteiger partial charge < -0.3 is 0 Å². The second kappa shape index (κ2) is 5.23. The molecule has 0 bridgehead atoms. The minimum Gasteiger partial charge on any atom is -0.198 e. The van der Waals surface area contributed by atoms with E-state index in [1.165, 1.54) is 10.5 Å². The molecule has 0 aliphatic carbocycles. The molecule has 1 rings (SSSR count). The summed E-state index contributed by atoms with van der Waals surface area (Å²) >= 11 is 1.74. The van der Waals surface area contributed by atoms with Crippen LogP contribution < -0.4 is 0 Å². The van der Waals surface area contributed by atoms with Gasteiger partial charge in [-0.3, -0.25) is 0 Å². The highest BCUT2D eigenvalue weighted by Crippen LogP contribution is 2.25. The van der Waals surface area contributed by atoms with E-state index in [-0.39, 0.29) is 5.41 Å². The van der Waals surface area contributed by atoms with E-state index < -0.39 is 0 Å². The second-order valence-electron chi connectivity index (χ2n) is 4.53. The van der Waals surface area contributed by atoms with E-state index >= 15 is 0 Å². The van der Waals surface area contributed by atoms with E-state index in [1.54, 1.807) is 11.8 Å². The van der Waals surface area contributed by atoms with Crippen LogP contribution in [0.1, 0.15) is 32.8 Å². The van der Waals surface area contributed by atoms with Crippen molar-refractivity contribution in [3.63, 3.8) is 0 Å². The van der Waals surface area contributed by atoms with Crippen LogP contribution in [0.15, 0.2) is 29.2 Å². The lowest BCUT2D eigenvalue weighted by atomic mass is 9.87. The van der Waals surface area contributed by atoms with Crippen molar-refractivity contribution in [3.8, 4) is 6.07 Å². The molecule has 0 saturated heterocycles. The predicted octanol–water partition coefficient (Wildman–Crippen LogP) is 3.99. The Hall–Kier alpha value is -0.940. The van der Waals surface area contributed by atoms with Crippen molar-refractivity contribution in [2.75, 3.05) is 5.75 Å². The first kappa shape index (κ1) is 12.1. The molecular weight excluding hydrogens is 202 g/mol. The number of nitriles is 1. The summed E-state index contributed by atoms with van der Waals surface area (Å²) in [5, 5.41) is 8.43. The molecule has 0 atom stereocenters. The fraction of sp³-hybridized carbons (Fsp3) is 0.462. The van der Waals surface area contributed by atoms with E-state index in [1.807, 2.05) is 0 Å². The number of benzene rings is 1. The van der Waals surface area contributed by atoms with E-state index in [0.717, 1.165) is 5.75 Å². The summed E-state index contributed by atoms with van der Waals surface area (Å²) in [4.78, 5) is 1.25. The average Bonchev–Trinajstić information content (AvgIpc) is 2.18. The SMILES string of the molecule is CC(C)(C)c1ccc(SCCC#N)cc1. The standard InChI is InChI=1S/C13H17NS/c1-13(2,3)11-5-7-12(8-6-11)15-10-4-9-14/h5-8H,4,10H2,1-3H3. The Bertz CT molecular complexity index is 340. The van der Waals surface area contributed by atoms with Crippen LogP contribution >= 0.6 is 11.8 Å². The van der Waals surface area contributed by atoms with Gasteiger partial charge in [-0.1, -0.05) is 32.9 Å². The van der Waals surface area contributed by atoms with Gasteiger partial charge in [0, 0.05) is 17.1 Å². The lowest BCUT2D eigenvalue weighted by Crippen LogP contribution is -2.10. The van der Waals surface area contributed by atoms with Gasteiger partial charge >= 0.3 is 0 Å². The Morgan fingerprint density at radius 1 is 1.20 bits per heavy atom. The van der Waals surface area contributed by atoms with Crippen LogP contribution in [0.5, 0.6) is 0 Å². The molecule has 0 saturated carbocycles. The summed E-state index contributed by atoms with van der Waals surface area (Å²) in [6.07, 6.45) is 0.617. The van der Waals surface area contributed by atoms with Crippen molar-refractivity contribution in [1.29, 1.82) is 5.26 Å². The summed E-state index contributed by atoms with van der Waals surface area (Å²) < 4.78 is 0. The summed E-state index contributed by atoms with van der Waals surface area (Å²) in [6, 6.07) is 10.8.